The maximum atomic E-state index is 14.1. The maximum Gasteiger partial charge on any atom is 0.142 e. The lowest BCUT2D eigenvalue weighted by atomic mass is 9.98. The minimum Gasteiger partial charge on any atom is -0.383 e. The van der Waals surface area contributed by atoms with Crippen LogP contribution in [-0.2, 0) is 0 Å². The molecule has 0 aliphatic carbocycles. The van der Waals surface area contributed by atoms with Crippen molar-refractivity contribution in [2.45, 2.75) is 0 Å². The smallest absolute Gasteiger partial charge is 0.142 e. The maximum absolute atomic E-state index is 14.1. The Labute approximate surface area is 141 Å². The van der Waals surface area contributed by atoms with E-state index in [9.17, 15) is 9.65 Å². The SMILES string of the molecule is N#Cc1c(-c2ccccc2F)cc(-c2ccc(Br)cc2)nc1N. The number of nitrogens with two attached hydrogens (primary N) is 1. The molecule has 2 aromatic carbocycles. The average molecular weight is 368 g/mol. The van der Waals surface area contributed by atoms with Crippen LogP contribution >= 0.6 is 15.9 Å². The Morgan fingerprint density at radius 1 is 1.04 bits per heavy atom. The van der Waals surface area contributed by atoms with Crippen LogP contribution in [0.1, 0.15) is 5.56 Å². The van der Waals surface area contributed by atoms with Gasteiger partial charge in [-0.2, -0.15) is 5.26 Å². The molecule has 1 aromatic heterocycles. The molecule has 3 nitrogen and oxygen atoms in total. The van der Waals surface area contributed by atoms with Gasteiger partial charge >= 0.3 is 0 Å². The number of nitrogen functional groups attached to an aromatic ring is 1. The van der Waals surface area contributed by atoms with Crippen LogP contribution in [0.4, 0.5) is 10.2 Å². The van der Waals surface area contributed by atoms with E-state index >= 15 is 0 Å². The number of hydrogen-bond donors (Lipinski definition) is 1. The molecule has 23 heavy (non-hydrogen) atoms. The third kappa shape index (κ3) is 2.94. The van der Waals surface area contributed by atoms with Crippen LogP contribution in [0.15, 0.2) is 59.1 Å². The van der Waals surface area contributed by atoms with Crippen molar-refractivity contribution in [3.63, 3.8) is 0 Å². The van der Waals surface area contributed by atoms with Crippen LogP contribution in [0.25, 0.3) is 22.4 Å². The molecular weight excluding hydrogens is 357 g/mol. The topological polar surface area (TPSA) is 62.7 Å². The van der Waals surface area contributed by atoms with E-state index in [1.54, 1.807) is 24.3 Å². The number of benzene rings is 2. The lowest BCUT2D eigenvalue weighted by Gasteiger charge is -2.11. The molecule has 0 unspecified atom stereocenters. The third-order valence-corrected chi connectivity index (χ3v) is 3.99. The standard InChI is InChI=1S/C18H11BrFN3/c19-12-7-5-11(6-8-12)17-9-14(15(10-21)18(22)23-17)13-3-1-2-4-16(13)20/h1-9H,(H2,22,23). The molecule has 0 bridgehead atoms. The molecule has 3 aromatic rings. The van der Waals surface area contributed by atoms with Gasteiger partial charge in [0.25, 0.3) is 0 Å². The van der Waals surface area contributed by atoms with Crippen molar-refractivity contribution in [2.24, 2.45) is 0 Å². The summed E-state index contributed by atoms with van der Waals surface area (Å²) in [5, 5.41) is 9.35. The molecule has 0 spiro atoms. The summed E-state index contributed by atoms with van der Waals surface area (Å²) in [7, 11) is 0. The van der Waals surface area contributed by atoms with Gasteiger partial charge in [0.2, 0.25) is 0 Å². The van der Waals surface area contributed by atoms with Crippen molar-refractivity contribution >= 4 is 21.7 Å². The molecule has 2 N–H and O–H groups in total. The van der Waals surface area contributed by atoms with Gasteiger partial charge in [0.1, 0.15) is 23.3 Å². The predicted octanol–water partition coefficient (Wildman–Crippen LogP) is 4.77. The highest BCUT2D eigenvalue weighted by Gasteiger charge is 2.15. The first-order valence-electron chi connectivity index (χ1n) is 6.81. The molecule has 0 amide bonds. The number of nitrogens with zero attached hydrogens (tertiary/aromatic N) is 2. The zero-order chi connectivity index (χ0) is 16.4. The van der Waals surface area contributed by atoms with Crippen LogP contribution in [0.2, 0.25) is 0 Å². The second-order valence-electron chi connectivity index (χ2n) is 4.91. The number of halogens is 2. The van der Waals surface area contributed by atoms with E-state index in [2.05, 4.69) is 20.9 Å². The fourth-order valence-corrected chi connectivity index (χ4v) is 2.61. The minimum atomic E-state index is -0.406. The lowest BCUT2D eigenvalue weighted by Crippen LogP contribution is -2.00. The number of pyridine rings is 1. The van der Waals surface area contributed by atoms with Crippen LogP contribution in [-0.4, -0.2) is 4.98 Å². The van der Waals surface area contributed by atoms with E-state index in [0.29, 0.717) is 16.8 Å². The van der Waals surface area contributed by atoms with E-state index in [1.807, 2.05) is 30.3 Å². The zero-order valence-electron chi connectivity index (χ0n) is 11.9. The molecule has 1 heterocycles. The van der Waals surface area contributed by atoms with Gasteiger partial charge in [0, 0.05) is 21.2 Å². The van der Waals surface area contributed by atoms with Crippen molar-refractivity contribution in [1.82, 2.24) is 4.98 Å². The molecule has 0 aliphatic rings. The summed E-state index contributed by atoms with van der Waals surface area (Å²) in [6.45, 7) is 0. The summed E-state index contributed by atoms with van der Waals surface area (Å²) in [5.74, 6) is -0.317. The highest BCUT2D eigenvalue weighted by molar-refractivity contribution is 9.10. The quantitative estimate of drug-likeness (QED) is 0.709. The second-order valence-corrected chi connectivity index (χ2v) is 5.83. The Morgan fingerprint density at radius 2 is 1.74 bits per heavy atom. The van der Waals surface area contributed by atoms with Gasteiger partial charge in [-0.25, -0.2) is 9.37 Å². The van der Waals surface area contributed by atoms with Gasteiger partial charge in [-0.1, -0.05) is 46.3 Å². The predicted molar refractivity (Wildman–Crippen MR) is 91.9 cm³/mol. The summed E-state index contributed by atoms with van der Waals surface area (Å²) in [6, 6.07) is 17.5. The van der Waals surface area contributed by atoms with Crippen LogP contribution < -0.4 is 5.73 Å². The molecule has 0 saturated heterocycles. The Bertz CT molecular complexity index is 915. The average Bonchev–Trinajstić information content (AvgIpc) is 2.55. The summed E-state index contributed by atoms with van der Waals surface area (Å²) in [4.78, 5) is 4.28. The Kier molecular flexibility index (Phi) is 4.09. The molecule has 0 fully saturated rings. The number of hydrogen-bond acceptors (Lipinski definition) is 3. The first-order chi connectivity index (χ1) is 11.1. The van der Waals surface area contributed by atoms with Crippen molar-refractivity contribution in [3.05, 3.63) is 70.5 Å². The normalized spacial score (nSPS) is 10.3. The summed E-state index contributed by atoms with van der Waals surface area (Å²) >= 11 is 3.38. The highest BCUT2D eigenvalue weighted by atomic mass is 79.9. The van der Waals surface area contributed by atoms with Crippen LogP contribution in [0.3, 0.4) is 0 Å². The highest BCUT2D eigenvalue weighted by Crippen LogP contribution is 2.32. The van der Waals surface area contributed by atoms with Crippen molar-refractivity contribution < 1.29 is 4.39 Å². The minimum absolute atomic E-state index is 0.0890. The molecular formula is C18H11BrFN3. The first kappa shape index (κ1) is 15.2. The van der Waals surface area contributed by atoms with E-state index in [1.165, 1.54) is 6.07 Å². The summed E-state index contributed by atoms with van der Waals surface area (Å²) < 4.78 is 15.1. The van der Waals surface area contributed by atoms with Crippen molar-refractivity contribution in [3.8, 4) is 28.5 Å². The number of rotatable bonds is 2. The number of aromatic nitrogens is 1. The molecule has 3 rings (SSSR count). The molecule has 5 heteroatoms. The van der Waals surface area contributed by atoms with Gasteiger partial charge in [-0.15, -0.1) is 0 Å². The van der Waals surface area contributed by atoms with Gasteiger partial charge in [-0.3, -0.25) is 0 Å². The Balaban J connectivity index is 2.25. The van der Waals surface area contributed by atoms with Crippen molar-refractivity contribution in [2.75, 3.05) is 5.73 Å². The van der Waals surface area contributed by atoms with Gasteiger partial charge in [0.05, 0.1) is 5.69 Å². The van der Waals surface area contributed by atoms with E-state index in [4.69, 9.17) is 5.73 Å². The van der Waals surface area contributed by atoms with Crippen LogP contribution in [0, 0.1) is 17.1 Å². The van der Waals surface area contributed by atoms with E-state index in [-0.39, 0.29) is 11.4 Å². The van der Waals surface area contributed by atoms with Gasteiger partial charge in [0.15, 0.2) is 0 Å². The fraction of sp³-hybridized carbons (Fsp3) is 0. The Hall–Kier alpha value is -2.71. The molecule has 0 radical (unpaired) electrons. The second kappa shape index (κ2) is 6.19. The van der Waals surface area contributed by atoms with E-state index < -0.39 is 5.82 Å². The zero-order valence-corrected chi connectivity index (χ0v) is 13.5. The van der Waals surface area contributed by atoms with Gasteiger partial charge in [-0.05, 0) is 24.3 Å². The largest absolute Gasteiger partial charge is 0.383 e. The number of nitriles is 1. The third-order valence-electron chi connectivity index (χ3n) is 3.46. The monoisotopic (exact) mass is 367 g/mol. The van der Waals surface area contributed by atoms with Gasteiger partial charge < -0.3 is 5.73 Å². The molecule has 0 saturated carbocycles. The fourth-order valence-electron chi connectivity index (χ4n) is 2.34. The number of anilines is 1. The Morgan fingerprint density at radius 3 is 2.39 bits per heavy atom. The van der Waals surface area contributed by atoms with Crippen molar-refractivity contribution in [1.29, 1.82) is 5.26 Å². The molecule has 0 aliphatic heterocycles. The lowest BCUT2D eigenvalue weighted by molar-refractivity contribution is 0.631. The van der Waals surface area contributed by atoms with E-state index in [0.717, 1.165) is 10.0 Å². The summed E-state index contributed by atoms with van der Waals surface area (Å²) in [6.07, 6.45) is 0. The summed E-state index contributed by atoms with van der Waals surface area (Å²) in [5.41, 5.74) is 8.29. The molecule has 0 atom stereocenters. The first-order valence-corrected chi connectivity index (χ1v) is 7.61. The van der Waals surface area contributed by atoms with Crippen LogP contribution in [0.5, 0.6) is 0 Å². The molecule has 112 valence electrons.